The molecule has 2 heterocycles. The fourth-order valence-corrected chi connectivity index (χ4v) is 2.72. The zero-order chi connectivity index (χ0) is 13.1. The fraction of sp³-hybridized carbons (Fsp3) is 0.600. The van der Waals surface area contributed by atoms with Crippen LogP contribution in [0.15, 0.2) is 12.1 Å². The van der Waals surface area contributed by atoms with Crippen molar-refractivity contribution in [2.45, 2.75) is 19.9 Å². The minimum Gasteiger partial charge on any atom is -0.486 e. The Morgan fingerprint density at radius 3 is 2.79 bits per heavy atom. The van der Waals surface area contributed by atoms with Gasteiger partial charge in [0.1, 0.15) is 13.2 Å². The van der Waals surface area contributed by atoms with Gasteiger partial charge in [-0.05, 0) is 62.2 Å². The first-order valence-corrected chi connectivity index (χ1v) is 7.13. The molecule has 2 aliphatic heterocycles. The number of hydrogen-bond acceptors (Lipinski definition) is 4. The highest BCUT2D eigenvalue weighted by molar-refractivity contribution is 5.47. The topological polar surface area (TPSA) is 42.5 Å². The first-order valence-electron chi connectivity index (χ1n) is 7.13. The second kappa shape index (κ2) is 5.80. The predicted octanol–water partition coefficient (Wildman–Crippen LogP) is 1.47. The van der Waals surface area contributed by atoms with E-state index in [4.69, 9.17) is 9.47 Å². The molecular weight excluding hydrogens is 240 g/mol. The van der Waals surface area contributed by atoms with Crippen LogP contribution in [-0.4, -0.2) is 32.8 Å². The van der Waals surface area contributed by atoms with Crippen molar-refractivity contribution in [1.82, 2.24) is 10.6 Å². The molecule has 0 spiro atoms. The molecule has 2 aliphatic rings. The third-order valence-electron chi connectivity index (χ3n) is 3.91. The first-order chi connectivity index (χ1) is 9.33. The number of aryl methyl sites for hydroxylation is 1. The van der Waals surface area contributed by atoms with Gasteiger partial charge in [-0.25, -0.2) is 0 Å². The molecule has 0 bridgehead atoms. The van der Waals surface area contributed by atoms with Gasteiger partial charge < -0.3 is 20.1 Å². The van der Waals surface area contributed by atoms with E-state index in [2.05, 4.69) is 29.7 Å². The summed E-state index contributed by atoms with van der Waals surface area (Å²) in [5.41, 5.74) is 2.57. The van der Waals surface area contributed by atoms with Gasteiger partial charge in [0.2, 0.25) is 0 Å². The van der Waals surface area contributed by atoms with Crippen LogP contribution in [0.1, 0.15) is 17.5 Å². The molecule has 1 aromatic carbocycles. The molecule has 2 N–H and O–H groups in total. The summed E-state index contributed by atoms with van der Waals surface area (Å²) in [5, 5.41) is 6.95. The Morgan fingerprint density at radius 2 is 2.05 bits per heavy atom. The molecule has 3 rings (SSSR count). The maximum Gasteiger partial charge on any atom is 0.161 e. The molecule has 0 aliphatic carbocycles. The van der Waals surface area contributed by atoms with Gasteiger partial charge in [-0.3, -0.25) is 0 Å². The number of hydrogen-bond donors (Lipinski definition) is 2. The Balaban J connectivity index is 1.60. The fourth-order valence-electron chi connectivity index (χ4n) is 2.72. The molecule has 0 saturated carbocycles. The van der Waals surface area contributed by atoms with E-state index in [1.54, 1.807) is 0 Å². The molecule has 0 aromatic heterocycles. The molecular formula is C15H22N2O2. The van der Waals surface area contributed by atoms with Crippen molar-refractivity contribution in [3.05, 3.63) is 23.3 Å². The minimum atomic E-state index is 0.649. The van der Waals surface area contributed by atoms with Crippen LogP contribution in [-0.2, 0) is 6.54 Å². The highest BCUT2D eigenvalue weighted by Crippen LogP contribution is 2.32. The third-order valence-corrected chi connectivity index (χ3v) is 3.91. The monoisotopic (exact) mass is 262 g/mol. The lowest BCUT2D eigenvalue weighted by atomic mass is 10.1. The lowest BCUT2D eigenvalue weighted by molar-refractivity contribution is 0.171. The summed E-state index contributed by atoms with van der Waals surface area (Å²) in [5.74, 6) is 2.54. The van der Waals surface area contributed by atoms with Crippen molar-refractivity contribution in [3.8, 4) is 11.5 Å². The van der Waals surface area contributed by atoms with Crippen LogP contribution in [0, 0.1) is 12.8 Å². The standard InChI is InChI=1S/C15H22N2O2/c1-11-6-14-15(19-5-4-18-14)7-13(11)10-17-9-12-2-3-16-8-12/h6-7,12,16-17H,2-5,8-10H2,1H3. The molecule has 4 heteroatoms. The Morgan fingerprint density at radius 1 is 1.26 bits per heavy atom. The summed E-state index contributed by atoms with van der Waals surface area (Å²) < 4.78 is 11.2. The largest absolute Gasteiger partial charge is 0.486 e. The predicted molar refractivity (Wildman–Crippen MR) is 74.9 cm³/mol. The number of ether oxygens (including phenoxy) is 2. The quantitative estimate of drug-likeness (QED) is 0.862. The van der Waals surface area contributed by atoms with Crippen molar-refractivity contribution < 1.29 is 9.47 Å². The third kappa shape index (κ3) is 3.01. The van der Waals surface area contributed by atoms with E-state index in [-0.39, 0.29) is 0 Å². The maximum atomic E-state index is 5.64. The van der Waals surface area contributed by atoms with E-state index in [1.165, 1.54) is 17.5 Å². The summed E-state index contributed by atoms with van der Waals surface area (Å²) in [4.78, 5) is 0. The van der Waals surface area contributed by atoms with Crippen molar-refractivity contribution in [2.24, 2.45) is 5.92 Å². The Kier molecular flexibility index (Phi) is 3.89. The van der Waals surface area contributed by atoms with Gasteiger partial charge in [-0.2, -0.15) is 0 Å². The van der Waals surface area contributed by atoms with Crippen molar-refractivity contribution >= 4 is 0 Å². The van der Waals surface area contributed by atoms with Crippen LogP contribution in [0.2, 0.25) is 0 Å². The SMILES string of the molecule is Cc1cc2c(cc1CNCC1CCNC1)OCCO2. The Bertz CT molecular complexity index is 442. The Labute approximate surface area is 114 Å². The number of fused-ring (bicyclic) bond motifs is 1. The summed E-state index contributed by atoms with van der Waals surface area (Å²) >= 11 is 0. The molecule has 0 amide bonds. The molecule has 1 saturated heterocycles. The van der Waals surface area contributed by atoms with Gasteiger partial charge in [-0.1, -0.05) is 0 Å². The van der Waals surface area contributed by atoms with Gasteiger partial charge in [0.25, 0.3) is 0 Å². The summed E-state index contributed by atoms with van der Waals surface area (Å²) in [7, 11) is 0. The summed E-state index contributed by atoms with van der Waals surface area (Å²) in [6, 6.07) is 4.20. The van der Waals surface area contributed by atoms with Crippen molar-refractivity contribution in [3.63, 3.8) is 0 Å². The van der Waals surface area contributed by atoms with Crippen LogP contribution < -0.4 is 20.1 Å². The molecule has 1 fully saturated rings. The zero-order valence-electron chi connectivity index (χ0n) is 11.5. The van der Waals surface area contributed by atoms with Crippen molar-refractivity contribution in [1.29, 1.82) is 0 Å². The van der Waals surface area contributed by atoms with Gasteiger partial charge in [0.05, 0.1) is 0 Å². The average molecular weight is 262 g/mol. The number of benzene rings is 1. The van der Waals surface area contributed by atoms with Crippen LogP contribution in [0.4, 0.5) is 0 Å². The molecule has 0 radical (unpaired) electrons. The molecule has 104 valence electrons. The summed E-state index contributed by atoms with van der Waals surface area (Å²) in [6.07, 6.45) is 1.28. The maximum absolute atomic E-state index is 5.64. The Hall–Kier alpha value is -1.26. The van der Waals surface area contributed by atoms with Crippen LogP contribution >= 0.6 is 0 Å². The zero-order valence-corrected chi connectivity index (χ0v) is 11.5. The highest BCUT2D eigenvalue weighted by atomic mass is 16.6. The van der Waals surface area contributed by atoms with E-state index >= 15 is 0 Å². The summed E-state index contributed by atoms with van der Waals surface area (Å²) in [6.45, 7) is 7.73. The lowest BCUT2D eigenvalue weighted by Crippen LogP contribution is -2.24. The number of nitrogens with one attached hydrogen (secondary N) is 2. The molecule has 1 unspecified atom stereocenters. The van der Waals surface area contributed by atoms with E-state index in [9.17, 15) is 0 Å². The second-order valence-electron chi connectivity index (χ2n) is 5.41. The van der Waals surface area contributed by atoms with Crippen molar-refractivity contribution in [2.75, 3.05) is 32.8 Å². The average Bonchev–Trinajstić information content (AvgIpc) is 2.92. The van der Waals surface area contributed by atoms with E-state index in [0.29, 0.717) is 13.2 Å². The van der Waals surface area contributed by atoms with Gasteiger partial charge in [0, 0.05) is 6.54 Å². The normalized spacial score (nSPS) is 21.6. The first kappa shape index (κ1) is 12.8. The highest BCUT2D eigenvalue weighted by Gasteiger charge is 2.16. The van der Waals surface area contributed by atoms with Crippen LogP contribution in [0.5, 0.6) is 11.5 Å². The molecule has 4 nitrogen and oxygen atoms in total. The number of rotatable bonds is 4. The minimum absolute atomic E-state index is 0.649. The second-order valence-corrected chi connectivity index (χ2v) is 5.41. The van der Waals surface area contributed by atoms with Gasteiger partial charge >= 0.3 is 0 Å². The molecule has 1 atom stereocenters. The van der Waals surface area contributed by atoms with Gasteiger partial charge in [-0.15, -0.1) is 0 Å². The van der Waals surface area contributed by atoms with Gasteiger partial charge in [0.15, 0.2) is 11.5 Å². The molecule has 19 heavy (non-hydrogen) atoms. The van der Waals surface area contributed by atoms with Crippen LogP contribution in [0.25, 0.3) is 0 Å². The smallest absolute Gasteiger partial charge is 0.161 e. The lowest BCUT2D eigenvalue weighted by Gasteiger charge is -2.20. The van der Waals surface area contributed by atoms with E-state index in [1.807, 2.05) is 0 Å². The van der Waals surface area contributed by atoms with E-state index in [0.717, 1.165) is 43.6 Å². The molecule has 1 aromatic rings. The van der Waals surface area contributed by atoms with Crippen LogP contribution in [0.3, 0.4) is 0 Å². The van der Waals surface area contributed by atoms with E-state index < -0.39 is 0 Å².